The first-order chi connectivity index (χ1) is 20.1. The number of esters is 1. The van der Waals surface area contributed by atoms with Crippen LogP contribution in [0.4, 0.5) is 10.1 Å². The van der Waals surface area contributed by atoms with Crippen molar-refractivity contribution in [2.75, 3.05) is 11.4 Å². The van der Waals surface area contributed by atoms with Crippen LogP contribution in [0.3, 0.4) is 0 Å². The van der Waals surface area contributed by atoms with Gasteiger partial charge in [-0.2, -0.15) is 0 Å². The zero-order valence-corrected chi connectivity index (χ0v) is 24.6. The molecule has 0 aliphatic carbocycles. The second-order valence-electron chi connectivity index (χ2n) is 11.8. The SMILES string of the molecule is C[C@H](NC(=O)c1ccc2c(c1)CCCN2Cc1ccc(-c2ccccc2C(=O)OC(C)(C)C)cc1F)c1ccccc1. The van der Waals surface area contributed by atoms with Gasteiger partial charge in [0.1, 0.15) is 11.4 Å². The van der Waals surface area contributed by atoms with Crippen molar-refractivity contribution in [1.29, 1.82) is 0 Å². The molecule has 1 N–H and O–H groups in total. The first-order valence-electron chi connectivity index (χ1n) is 14.4. The van der Waals surface area contributed by atoms with Crippen LogP contribution in [-0.2, 0) is 17.7 Å². The third kappa shape index (κ3) is 6.71. The number of rotatable bonds is 7. The van der Waals surface area contributed by atoms with Gasteiger partial charge in [-0.3, -0.25) is 4.79 Å². The molecular formula is C36H37FN2O3. The summed E-state index contributed by atoms with van der Waals surface area (Å²) >= 11 is 0. The quantitative estimate of drug-likeness (QED) is 0.232. The summed E-state index contributed by atoms with van der Waals surface area (Å²) in [6, 6.07) is 27.8. The lowest BCUT2D eigenvalue weighted by atomic mass is 9.96. The van der Waals surface area contributed by atoms with E-state index >= 15 is 4.39 Å². The van der Waals surface area contributed by atoms with Gasteiger partial charge in [0.25, 0.3) is 5.91 Å². The second kappa shape index (κ2) is 12.2. The second-order valence-corrected chi connectivity index (χ2v) is 11.8. The van der Waals surface area contributed by atoms with E-state index in [-0.39, 0.29) is 17.8 Å². The summed E-state index contributed by atoms with van der Waals surface area (Å²) in [7, 11) is 0. The van der Waals surface area contributed by atoms with Gasteiger partial charge in [0.05, 0.1) is 11.6 Å². The minimum atomic E-state index is -0.630. The highest BCUT2D eigenvalue weighted by Crippen LogP contribution is 2.32. The van der Waals surface area contributed by atoms with Crippen molar-refractivity contribution in [2.24, 2.45) is 0 Å². The molecule has 0 saturated heterocycles. The largest absolute Gasteiger partial charge is 0.456 e. The summed E-state index contributed by atoms with van der Waals surface area (Å²) in [6.07, 6.45) is 1.78. The Morgan fingerprint density at radius 3 is 2.43 bits per heavy atom. The first-order valence-corrected chi connectivity index (χ1v) is 14.4. The van der Waals surface area contributed by atoms with Crippen LogP contribution in [0.2, 0.25) is 0 Å². The van der Waals surface area contributed by atoms with Crippen LogP contribution in [-0.4, -0.2) is 24.0 Å². The number of carbonyl (C=O) groups is 2. The molecule has 1 amide bonds. The van der Waals surface area contributed by atoms with Gasteiger partial charge >= 0.3 is 5.97 Å². The van der Waals surface area contributed by atoms with Crippen molar-refractivity contribution in [3.63, 3.8) is 0 Å². The van der Waals surface area contributed by atoms with Crippen LogP contribution in [0.1, 0.15) is 77.6 Å². The Kier molecular flexibility index (Phi) is 8.44. The molecule has 0 unspecified atom stereocenters. The predicted molar refractivity (Wildman–Crippen MR) is 165 cm³/mol. The van der Waals surface area contributed by atoms with Gasteiger partial charge < -0.3 is 15.0 Å². The molecule has 0 bridgehead atoms. The van der Waals surface area contributed by atoms with Gasteiger partial charge in [-0.15, -0.1) is 0 Å². The van der Waals surface area contributed by atoms with Crippen LogP contribution >= 0.6 is 0 Å². The minimum Gasteiger partial charge on any atom is -0.456 e. The number of fused-ring (bicyclic) bond motifs is 1. The van der Waals surface area contributed by atoms with E-state index in [0.717, 1.165) is 36.2 Å². The standard InChI is InChI=1S/C36H37FN2O3/c1-24(25-11-6-5-7-12-25)38-34(40)28-18-19-33-27(21-28)13-10-20-39(33)23-29-17-16-26(22-32(29)37)30-14-8-9-15-31(30)35(41)42-36(2,3)4/h5-9,11-12,14-19,21-22,24H,10,13,20,23H2,1-4H3,(H,38,40)/t24-/m0/s1. The van der Waals surface area contributed by atoms with E-state index < -0.39 is 11.6 Å². The maximum atomic E-state index is 15.5. The van der Waals surface area contributed by atoms with Gasteiger partial charge in [-0.05, 0) is 93.1 Å². The Hall–Kier alpha value is -4.45. The van der Waals surface area contributed by atoms with E-state index in [0.29, 0.717) is 34.4 Å². The van der Waals surface area contributed by atoms with Gasteiger partial charge in [-0.1, -0.05) is 60.7 Å². The molecule has 42 heavy (non-hydrogen) atoms. The first kappa shape index (κ1) is 29.1. The van der Waals surface area contributed by atoms with Crippen LogP contribution in [0, 0.1) is 5.82 Å². The van der Waals surface area contributed by atoms with Crippen molar-refractivity contribution in [3.8, 4) is 11.1 Å². The van der Waals surface area contributed by atoms with Crippen LogP contribution in [0.15, 0.2) is 91.0 Å². The van der Waals surface area contributed by atoms with Crippen molar-refractivity contribution in [3.05, 3.63) is 125 Å². The van der Waals surface area contributed by atoms with Crippen molar-refractivity contribution >= 4 is 17.6 Å². The van der Waals surface area contributed by atoms with Gasteiger partial charge in [-0.25, -0.2) is 9.18 Å². The lowest BCUT2D eigenvalue weighted by molar-refractivity contribution is 0.00703. The molecule has 6 heteroatoms. The fraction of sp³-hybridized carbons (Fsp3) is 0.278. The van der Waals surface area contributed by atoms with Crippen LogP contribution < -0.4 is 10.2 Å². The molecule has 1 heterocycles. The zero-order chi connectivity index (χ0) is 29.9. The molecular weight excluding hydrogens is 527 g/mol. The predicted octanol–water partition coefficient (Wildman–Crippen LogP) is 7.89. The molecule has 0 saturated carbocycles. The topological polar surface area (TPSA) is 58.6 Å². The molecule has 0 aromatic heterocycles. The Labute approximate surface area is 247 Å². The van der Waals surface area contributed by atoms with E-state index in [1.54, 1.807) is 18.2 Å². The maximum absolute atomic E-state index is 15.5. The fourth-order valence-corrected chi connectivity index (χ4v) is 5.38. The van der Waals surface area contributed by atoms with Gasteiger partial charge in [0.15, 0.2) is 0 Å². The number of aryl methyl sites for hydroxylation is 1. The molecule has 0 spiro atoms. The van der Waals surface area contributed by atoms with Gasteiger partial charge in [0.2, 0.25) is 0 Å². The number of hydrogen-bond donors (Lipinski definition) is 1. The molecule has 5 rings (SSSR count). The highest BCUT2D eigenvalue weighted by Gasteiger charge is 2.23. The van der Waals surface area contributed by atoms with Crippen molar-refractivity contribution in [1.82, 2.24) is 5.32 Å². The molecule has 1 aliphatic rings. The van der Waals surface area contributed by atoms with Crippen molar-refractivity contribution in [2.45, 2.75) is 58.7 Å². The summed E-state index contributed by atoms with van der Waals surface area (Å²) < 4.78 is 21.1. The molecule has 4 aromatic carbocycles. The monoisotopic (exact) mass is 564 g/mol. The number of hydrogen-bond acceptors (Lipinski definition) is 4. The number of benzene rings is 4. The molecule has 5 nitrogen and oxygen atoms in total. The smallest absolute Gasteiger partial charge is 0.339 e. The molecule has 4 aromatic rings. The fourth-order valence-electron chi connectivity index (χ4n) is 5.38. The Bertz CT molecular complexity index is 1590. The molecule has 0 radical (unpaired) electrons. The van der Waals surface area contributed by atoms with E-state index in [4.69, 9.17) is 4.74 Å². The third-order valence-electron chi connectivity index (χ3n) is 7.47. The Morgan fingerprint density at radius 2 is 1.69 bits per heavy atom. The summed E-state index contributed by atoms with van der Waals surface area (Å²) in [6.45, 7) is 8.65. The average molecular weight is 565 g/mol. The molecule has 1 aliphatic heterocycles. The van der Waals surface area contributed by atoms with E-state index in [1.165, 1.54) is 6.07 Å². The number of nitrogens with one attached hydrogen (secondary N) is 1. The van der Waals surface area contributed by atoms with Crippen molar-refractivity contribution < 1.29 is 18.7 Å². The molecule has 216 valence electrons. The van der Waals surface area contributed by atoms with Gasteiger partial charge in [0, 0.05) is 29.9 Å². The highest BCUT2D eigenvalue weighted by molar-refractivity contribution is 5.97. The third-order valence-corrected chi connectivity index (χ3v) is 7.47. The molecule has 1 atom stereocenters. The Morgan fingerprint density at radius 1 is 0.952 bits per heavy atom. The Balaban J connectivity index is 1.32. The number of amides is 1. The normalized spacial score (nSPS) is 13.7. The number of nitrogens with zero attached hydrogens (tertiary/aromatic N) is 1. The molecule has 0 fully saturated rings. The lowest BCUT2D eigenvalue weighted by Crippen LogP contribution is -2.30. The number of halogens is 1. The van der Waals surface area contributed by atoms with Crippen LogP contribution in [0.25, 0.3) is 11.1 Å². The number of carbonyl (C=O) groups excluding carboxylic acids is 2. The zero-order valence-electron chi connectivity index (χ0n) is 24.6. The minimum absolute atomic E-state index is 0.103. The number of anilines is 1. The van der Waals surface area contributed by atoms with Crippen LogP contribution in [0.5, 0.6) is 0 Å². The summed E-state index contributed by atoms with van der Waals surface area (Å²) in [5.74, 6) is -0.876. The number of ether oxygens (including phenoxy) is 1. The van der Waals surface area contributed by atoms with E-state index in [1.807, 2.05) is 94.4 Å². The summed E-state index contributed by atoms with van der Waals surface area (Å²) in [4.78, 5) is 28.0. The maximum Gasteiger partial charge on any atom is 0.339 e. The van der Waals surface area contributed by atoms with E-state index in [9.17, 15) is 9.59 Å². The van der Waals surface area contributed by atoms with E-state index in [2.05, 4.69) is 10.2 Å². The summed E-state index contributed by atoms with van der Waals surface area (Å²) in [5.41, 5.74) is 5.38. The summed E-state index contributed by atoms with van der Waals surface area (Å²) in [5, 5.41) is 3.09. The highest BCUT2D eigenvalue weighted by atomic mass is 19.1. The average Bonchev–Trinajstić information content (AvgIpc) is 2.97. The lowest BCUT2D eigenvalue weighted by Gasteiger charge is -2.32.